The molecule has 4 nitrogen and oxygen atoms in total. The van der Waals surface area contributed by atoms with E-state index in [1.165, 1.54) is 293 Å². The second kappa shape index (κ2) is 67.4. The number of rotatable bonds is 46. The topological polar surface area (TPSA) is 68.7 Å². The molecule has 0 spiro atoms. The number of phenolic OH excluding ortho intramolecular Hbond substituents is 1. The summed E-state index contributed by atoms with van der Waals surface area (Å²) in [6.45, 7) is 7.13. The summed E-state index contributed by atoms with van der Waals surface area (Å²) in [4.78, 5) is 0. The van der Waals surface area contributed by atoms with Gasteiger partial charge in [-0.25, -0.2) is 0 Å². The van der Waals surface area contributed by atoms with Crippen molar-refractivity contribution in [1.29, 1.82) is 0 Å². The molecule has 0 radical (unpaired) electrons. The van der Waals surface area contributed by atoms with Gasteiger partial charge in [0.2, 0.25) is 6.79 Å². The van der Waals surface area contributed by atoms with E-state index in [2.05, 4.69) is 74.8 Å². The van der Waals surface area contributed by atoms with Gasteiger partial charge in [-0.2, -0.15) is 0 Å². The Morgan fingerprint density at radius 3 is 0.805 bits per heavy atom. The van der Waals surface area contributed by atoms with Crippen LogP contribution in [0.25, 0.3) is 0 Å². The number of benzene rings is 3. The third-order valence-corrected chi connectivity index (χ3v) is 14.2. The minimum absolute atomic E-state index is 0. The number of hydrogen-bond donors (Lipinski definition) is 1. The fourth-order valence-electron chi connectivity index (χ4n) is 9.50. The summed E-state index contributed by atoms with van der Waals surface area (Å²) in [6, 6.07) is 24.8. The van der Waals surface area contributed by atoms with Crippen LogP contribution in [-0.2, 0) is 19.3 Å². The molecule has 1 saturated carbocycles. The minimum Gasteiger partial charge on any atom is -0.870 e. The maximum atomic E-state index is 9.42. The molecule has 3 aromatic carbocycles. The fourth-order valence-corrected chi connectivity index (χ4v) is 9.50. The number of hydrogen-bond acceptors (Lipinski definition) is 4. The van der Waals surface area contributed by atoms with Crippen molar-refractivity contribution in [2.24, 2.45) is 0 Å². The first kappa shape index (κ1) is 80.1. The molecule has 0 saturated heterocycles. The van der Waals surface area contributed by atoms with Crippen molar-refractivity contribution in [1.82, 2.24) is 0 Å². The number of aromatic hydroxyl groups is 1. The summed E-state index contributed by atoms with van der Waals surface area (Å²) < 4.78 is 11.9. The number of ether oxygens (including phenoxy) is 2. The first-order valence-corrected chi connectivity index (χ1v) is 33.6. The van der Waals surface area contributed by atoms with E-state index in [-0.39, 0.29) is 47.2 Å². The van der Waals surface area contributed by atoms with Crippen LogP contribution in [-0.4, -0.2) is 29.1 Å². The maximum Gasteiger partial charge on any atom is 1.00 e. The molecule has 0 amide bonds. The standard InChI is InChI=1S/C43H72O2.C21H36O.C3H6.CH2Cl2.CH3Cl.Na.H2O/c1-3-5-7-9-11-13-15-17-19-21-23-25-27-31-40-33-29-35-42(37-40)44-39-45-43-36-30-34-41(38-43)32-28-26-24-22-20-18-16-14-12-10-8-6-4-2;1-2-3-4-5-6-7-8-9-10-11-12-13-14-16-20-17-15-18-21(22)19-20;1-2-3-1;2-1-3;1-2;;/h29-30,33-38H,3-28,31-32,39H2,1-2H3;15,17-19,22H,2-14,16H2,1H3;1-3H2;1H2;1H3;;1H2/q;;;;;+1;/p-1. The first-order chi connectivity index (χ1) is 37.1. The second-order valence-electron chi connectivity index (χ2n) is 21.5. The van der Waals surface area contributed by atoms with E-state index in [0.29, 0.717) is 5.75 Å². The molecule has 0 aliphatic heterocycles. The van der Waals surface area contributed by atoms with Crippen LogP contribution in [0.15, 0.2) is 72.8 Å². The van der Waals surface area contributed by atoms with Crippen molar-refractivity contribution in [3.05, 3.63) is 89.5 Å². The van der Waals surface area contributed by atoms with Crippen molar-refractivity contribution in [2.75, 3.05) is 18.5 Å². The number of unbranched alkanes of at least 4 members (excludes halogenated alkanes) is 36. The maximum absolute atomic E-state index is 9.42. The Morgan fingerprint density at radius 2 is 0.571 bits per heavy atom. The Hall–Kier alpha value is -1.11. The van der Waals surface area contributed by atoms with Crippen LogP contribution in [0.2, 0.25) is 0 Å². The number of halogens is 3. The molecule has 0 heterocycles. The Bertz CT molecular complexity index is 1480. The van der Waals surface area contributed by atoms with E-state index in [4.69, 9.17) is 32.7 Å². The van der Waals surface area contributed by atoms with Crippen molar-refractivity contribution in [3.63, 3.8) is 0 Å². The molecule has 0 aromatic heterocycles. The fraction of sp³-hybridized carbons (Fsp3) is 0.739. The summed E-state index contributed by atoms with van der Waals surface area (Å²) in [7, 11) is 0. The minimum atomic E-state index is 0. The van der Waals surface area contributed by atoms with E-state index in [0.717, 1.165) is 30.8 Å². The van der Waals surface area contributed by atoms with Gasteiger partial charge in [-0.3, -0.25) is 0 Å². The normalized spacial score (nSPS) is 10.9. The average Bonchev–Trinajstić information content (AvgIpc) is 4.32. The Balaban J connectivity index is -0.00000142. The number of aryl methyl sites for hydroxylation is 3. The molecular formula is C69H120Cl3NaO4. The first-order valence-electron chi connectivity index (χ1n) is 31.8. The van der Waals surface area contributed by atoms with E-state index in [1.807, 2.05) is 24.3 Å². The molecule has 3 aromatic rings. The van der Waals surface area contributed by atoms with Gasteiger partial charge in [-0.1, -0.05) is 308 Å². The number of phenols is 1. The summed E-state index contributed by atoms with van der Waals surface area (Å²) >= 11 is 14.2. The largest absolute Gasteiger partial charge is 1.00 e. The van der Waals surface area contributed by atoms with Gasteiger partial charge in [-0.15, -0.1) is 34.8 Å². The molecule has 1 aliphatic rings. The molecule has 1 aliphatic carbocycles. The summed E-state index contributed by atoms with van der Waals surface area (Å²) in [5.74, 6) is 2.21. The second-order valence-corrected chi connectivity index (χ2v) is 22.3. The molecular weight excluding hydrogens is 1020 g/mol. The molecule has 1 fully saturated rings. The predicted molar refractivity (Wildman–Crippen MR) is 339 cm³/mol. The Morgan fingerprint density at radius 1 is 0.351 bits per heavy atom. The van der Waals surface area contributed by atoms with Gasteiger partial charge >= 0.3 is 29.6 Å². The van der Waals surface area contributed by atoms with Crippen LogP contribution < -0.4 is 39.0 Å². The molecule has 0 bridgehead atoms. The summed E-state index contributed by atoms with van der Waals surface area (Å²) in [5.41, 5.74) is 4.01. The van der Waals surface area contributed by atoms with Gasteiger partial charge in [0.25, 0.3) is 0 Å². The van der Waals surface area contributed by atoms with Crippen LogP contribution in [0, 0.1) is 0 Å². The van der Waals surface area contributed by atoms with E-state index in [1.54, 1.807) is 6.07 Å². The van der Waals surface area contributed by atoms with Crippen molar-refractivity contribution in [3.8, 4) is 17.2 Å². The SMILES string of the molecule is C1CC1.CCCCCCCCCCCCCCCc1cccc(O)c1.CCCCCCCCCCCCCCCc1cccc(OCOc2cccc(CCCCCCCCCCCCCCC)c2)c1.CCl.ClCCl.[Na+].[OH-]. The molecule has 0 atom stereocenters. The molecule has 0 unspecified atom stereocenters. The van der Waals surface area contributed by atoms with Crippen LogP contribution in [0.5, 0.6) is 17.2 Å². The van der Waals surface area contributed by atoms with E-state index >= 15 is 0 Å². The molecule has 4 rings (SSSR count). The predicted octanol–water partition coefficient (Wildman–Crippen LogP) is 21.7. The smallest absolute Gasteiger partial charge is 0.870 e. The third kappa shape index (κ3) is 60.8. The van der Waals surface area contributed by atoms with Crippen LogP contribution in [0.4, 0.5) is 0 Å². The number of alkyl halides is 3. The Kier molecular flexibility index (Phi) is 70.1. The van der Waals surface area contributed by atoms with Crippen molar-refractivity contribution < 1.29 is 49.6 Å². The van der Waals surface area contributed by atoms with Gasteiger partial charge < -0.3 is 20.1 Å². The molecule has 2 N–H and O–H groups in total. The van der Waals surface area contributed by atoms with Crippen LogP contribution in [0.3, 0.4) is 0 Å². The van der Waals surface area contributed by atoms with Crippen molar-refractivity contribution >= 4 is 34.8 Å². The summed E-state index contributed by atoms with van der Waals surface area (Å²) in [5, 5.41) is 9.61. The van der Waals surface area contributed by atoms with Gasteiger partial charge in [-0.05, 0) is 91.6 Å². The molecule has 8 heteroatoms. The zero-order valence-electron chi connectivity index (χ0n) is 51.0. The quantitative estimate of drug-likeness (QED) is 0.0265. The van der Waals surface area contributed by atoms with E-state index in [9.17, 15) is 5.11 Å². The van der Waals surface area contributed by atoms with Gasteiger partial charge in [0.15, 0.2) is 0 Å². The molecule has 442 valence electrons. The average molecular weight is 1140 g/mol. The summed E-state index contributed by atoms with van der Waals surface area (Å²) in [6.07, 6.45) is 63.9. The van der Waals surface area contributed by atoms with Gasteiger partial charge in [0.05, 0.1) is 5.34 Å². The van der Waals surface area contributed by atoms with E-state index < -0.39 is 0 Å². The van der Waals surface area contributed by atoms with Gasteiger partial charge in [0, 0.05) is 6.38 Å². The third-order valence-electron chi connectivity index (χ3n) is 14.2. The van der Waals surface area contributed by atoms with Crippen molar-refractivity contribution in [2.45, 2.75) is 310 Å². The van der Waals surface area contributed by atoms with Gasteiger partial charge in [0.1, 0.15) is 17.2 Å². The van der Waals surface area contributed by atoms with Crippen LogP contribution >= 0.6 is 34.8 Å². The monoisotopic (exact) mass is 1140 g/mol. The zero-order valence-corrected chi connectivity index (χ0v) is 55.3. The molecule has 77 heavy (non-hydrogen) atoms. The Labute approximate surface area is 515 Å². The van der Waals surface area contributed by atoms with Crippen LogP contribution in [0.1, 0.15) is 307 Å². The zero-order chi connectivity index (χ0) is 54.6.